The Hall–Kier alpha value is -3.37. The molecule has 2 aromatic carbocycles. The normalized spacial score (nSPS) is 20.3. The summed E-state index contributed by atoms with van der Waals surface area (Å²) in [6.07, 6.45) is 4.67. The quantitative estimate of drug-likeness (QED) is 0.461. The van der Waals surface area contributed by atoms with Crippen LogP contribution in [0.4, 0.5) is 20.7 Å². The van der Waals surface area contributed by atoms with Crippen LogP contribution in [-0.4, -0.2) is 78.3 Å². The second-order valence-corrected chi connectivity index (χ2v) is 10.2. The summed E-state index contributed by atoms with van der Waals surface area (Å²) < 4.78 is 26.5. The van der Waals surface area contributed by atoms with Gasteiger partial charge in [-0.05, 0) is 50.9 Å². The third-order valence-corrected chi connectivity index (χ3v) is 7.50. The SMILES string of the molecule is COc1cc2ncnc(Nc3cccc(Cl)c3F)c2cc1O[C@H]1CC[C@H](NC(=O)N2CCN(C)CC2)CC1. The van der Waals surface area contributed by atoms with E-state index in [-0.39, 0.29) is 28.9 Å². The molecule has 0 radical (unpaired) electrons. The van der Waals surface area contributed by atoms with Gasteiger partial charge >= 0.3 is 6.03 Å². The molecule has 2 fully saturated rings. The molecule has 1 aliphatic heterocycles. The van der Waals surface area contributed by atoms with Crippen molar-refractivity contribution in [2.45, 2.75) is 37.8 Å². The van der Waals surface area contributed by atoms with E-state index in [1.54, 1.807) is 25.3 Å². The molecule has 2 amide bonds. The van der Waals surface area contributed by atoms with E-state index in [1.165, 1.54) is 12.4 Å². The second kappa shape index (κ2) is 11.6. The number of ether oxygens (including phenoxy) is 2. The van der Waals surface area contributed by atoms with Crippen LogP contribution in [-0.2, 0) is 0 Å². The van der Waals surface area contributed by atoms with Gasteiger partial charge in [0.2, 0.25) is 0 Å². The van der Waals surface area contributed by atoms with Crippen LogP contribution >= 0.6 is 11.6 Å². The number of aromatic nitrogens is 2. The summed E-state index contributed by atoms with van der Waals surface area (Å²) in [6, 6.07) is 8.51. The fourth-order valence-electron chi connectivity index (χ4n) is 4.92. The molecule has 1 aromatic heterocycles. The highest BCUT2D eigenvalue weighted by Gasteiger charge is 2.27. The summed E-state index contributed by atoms with van der Waals surface area (Å²) >= 11 is 5.94. The molecule has 202 valence electrons. The van der Waals surface area contributed by atoms with Gasteiger partial charge in [0, 0.05) is 43.7 Å². The first-order chi connectivity index (χ1) is 18.4. The molecule has 9 nitrogen and oxygen atoms in total. The molecule has 0 bridgehead atoms. The number of carbonyl (C=O) groups excluding carboxylic acids is 1. The first kappa shape index (κ1) is 26.2. The highest BCUT2D eigenvalue weighted by molar-refractivity contribution is 6.31. The van der Waals surface area contributed by atoms with Gasteiger partial charge in [-0.1, -0.05) is 17.7 Å². The van der Waals surface area contributed by atoms with Crippen molar-refractivity contribution in [1.82, 2.24) is 25.1 Å². The second-order valence-electron chi connectivity index (χ2n) is 9.80. The Morgan fingerprint density at radius 2 is 1.84 bits per heavy atom. The van der Waals surface area contributed by atoms with E-state index < -0.39 is 5.82 Å². The maximum absolute atomic E-state index is 14.5. The van der Waals surface area contributed by atoms with Crippen molar-refractivity contribution in [3.63, 3.8) is 0 Å². The molecule has 11 heteroatoms. The van der Waals surface area contributed by atoms with Crippen LogP contribution in [0.5, 0.6) is 11.5 Å². The van der Waals surface area contributed by atoms with Crippen molar-refractivity contribution in [1.29, 1.82) is 0 Å². The Morgan fingerprint density at radius 1 is 1.08 bits per heavy atom. The number of methoxy groups -OCH3 is 1. The van der Waals surface area contributed by atoms with Crippen molar-refractivity contribution in [3.05, 3.63) is 47.5 Å². The number of hydrogen-bond acceptors (Lipinski definition) is 7. The number of amides is 2. The van der Waals surface area contributed by atoms with E-state index >= 15 is 0 Å². The Morgan fingerprint density at radius 3 is 2.58 bits per heavy atom. The maximum Gasteiger partial charge on any atom is 0.317 e. The third-order valence-electron chi connectivity index (χ3n) is 7.21. The predicted molar refractivity (Wildman–Crippen MR) is 145 cm³/mol. The summed E-state index contributed by atoms with van der Waals surface area (Å²) in [4.78, 5) is 25.4. The number of benzene rings is 2. The first-order valence-electron chi connectivity index (χ1n) is 12.9. The fourth-order valence-corrected chi connectivity index (χ4v) is 5.10. The molecule has 0 atom stereocenters. The summed E-state index contributed by atoms with van der Waals surface area (Å²) in [5.74, 6) is 0.998. The number of halogens is 2. The summed E-state index contributed by atoms with van der Waals surface area (Å²) in [6.45, 7) is 3.32. The Bertz CT molecular complexity index is 1300. The molecule has 2 N–H and O–H groups in total. The standard InChI is InChI=1S/C27H32ClFN6O3/c1-34-10-12-35(13-11-34)27(36)32-17-6-8-18(9-7-17)38-24-14-19-22(15-23(24)37-2)30-16-31-26(19)33-21-5-3-4-20(28)25(21)29/h3-5,14-18H,6-13H2,1-2H3,(H,32,36)(H,30,31,33)/t17-,18-. The minimum Gasteiger partial charge on any atom is -0.493 e. The smallest absolute Gasteiger partial charge is 0.317 e. The summed E-state index contributed by atoms with van der Waals surface area (Å²) in [5, 5.41) is 6.91. The molecular weight excluding hydrogens is 511 g/mol. The lowest BCUT2D eigenvalue weighted by Gasteiger charge is -2.35. The highest BCUT2D eigenvalue weighted by Crippen LogP contribution is 2.37. The van der Waals surface area contributed by atoms with E-state index in [2.05, 4.69) is 32.5 Å². The molecule has 1 aliphatic carbocycles. The highest BCUT2D eigenvalue weighted by atomic mass is 35.5. The van der Waals surface area contributed by atoms with Crippen molar-refractivity contribution in [3.8, 4) is 11.5 Å². The van der Waals surface area contributed by atoms with E-state index in [1.807, 2.05) is 11.0 Å². The lowest BCUT2D eigenvalue weighted by Crippen LogP contribution is -2.53. The Kier molecular flexibility index (Phi) is 7.99. The van der Waals surface area contributed by atoms with Gasteiger partial charge in [0.05, 0.1) is 29.4 Å². The largest absolute Gasteiger partial charge is 0.493 e. The van der Waals surface area contributed by atoms with E-state index in [9.17, 15) is 9.18 Å². The van der Waals surface area contributed by atoms with Gasteiger partial charge in [-0.15, -0.1) is 0 Å². The van der Waals surface area contributed by atoms with Crippen LogP contribution in [0.1, 0.15) is 25.7 Å². The Labute approximate surface area is 226 Å². The number of nitrogens with zero attached hydrogens (tertiary/aromatic N) is 4. The zero-order valence-electron chi connectivity index (χ0n) is 21.5. The molecule has 1 saturated heterocycles. The minimum atomic E-state index is -0.553. The molecule has 0 spiro atoms. The molecule has 1 saturated carbocycles. The average molecular weight is 543 g/mol. The number of piperazine rings is 1. The average Bonchev–Trinajstić information content (AvgIpc) is 2.92. The van der Waals surface area contributed by atoms with Crippen LogP contribution in [0.2, 0.25) is 5.02 Å². The molecule has 3 aromatic rings. The topological polar surface area (TPSA) is 91.8 Å². The van der Waals surface area contributed by atoms with E-state index in [0.717, 1.165) is 51.9 Å². The predicted octanol–water partition coefficient (Wildman–Crippen LogP) is 4.82. The van der Waals surface area contributed by atoms with Gasteiger partial charge in [-0.3, -0.25) is 0 Å². The van der Waals surface area contributed by atoms with Crippen LogP contribution in [0.3, 0.4) is 0 Å². The number of urea groups is 1. The summed E-state index contributed by atoms with van der Waals surface area (Å²) in [7, 11) is 3.66. The lowest BCUT2D eigenvalue weighted by atomic mass is 9.93. The van der Waals surface area contributed by atoms with E-state index in [0.29, 0.717) is 28.2 Å². The number of likely N-dealkylation sites (N-methyl/N-ethyl adjacent to an activating group) is 1. The molecule has 38 heavy (non-hydrogen) atoms. The number of hydrogen-bond donors (Lipinski definition) is 2. The van der Waals surface area contributed by atoms with Crippen LogP contribution < -0.4 is 20.1 Å². The number of carbonyl (C=O) groups is 1. The molecule has 2 aliphatic rings. The molecule has 2 heterocycles. The fraction of sp³-hybridized carbons (Fsp3) is 0.444. The first-order valence-corrected chi connectivity index (χ1v) is 13.2. The van der Waals surface area contributed by atoms with Gasteiger partial charge in [-0.25, -0.2) is 19.2 Å². The third kappa shape index (κ3) is 5.86. The van der Waals surface area contributed by atoms with Gasteiger partial charge in [0.15, 0.2) is 17.3 Å². The monoisotopic (exact) mass is 542 g/mol. The van der Waals surface area contributed by atoms with Gasteiger partial charge in [-0.2, -0.15) is 0 Å². The van der Waals surface area contributed by atoms with Crippen LogP contribution in [0.25, 0.3) is 10.9 Å². The zero-order valence-corrected chi connectivity index (χ0v) is 22.3. The zero-order chi connectivity index (χ0) is 26.6. The number of anilines is 2. The lowest BCUT2D eigenvalue weighted by molar-refractivity contribution is 0.126. The Balaban J connectivity index is 1.26. The van der Waals surface area contributed by atoms with Crippen molar-refractivity contribution in [2.24, 2.45) is 0 Å². The van der Waals surface area contributed by atoms with Crippen molar-refractivity contribution in [2.75, 3.05) is 45.7 Å². The molecule has 0 unspecified atom stereocenters. The maximum atomic E-state index is 14.5. The molecular formula is C27H32ClFN6O3. The van der Waals surface area contributed by atoms with Gasteiger partial charge in [0.1, 0.15) is 12.1 Å². The van der Waals surface area contributed by atoms with Crippen LogP contribution in [0, 0.1) is 5.82 Å². The van der Waals surface area contributed by atoms with Crippen molar-refractivity contribution < 1.29 is 18.7 Å². The minimum absolute atomic E-state index is 0.0226. The van der Waals surface area contributed by atoms with Crippen LogP contribution in [0.15, 0.2) is 36.7 Å². The molecule has 5 rings (SSSR count). The van der Waals surface area contributed by atoms with Crippen molar-refractivity contribution >= 4 is 40.0 Å². The van der Waals surface area contributed by atoms with Gasteiger partial charge < -0.3 is 29.9 Å². The number of nitrogens with one attached hydrogen (secondary N) is 2. The van der Waals surface area contributed by atoms with Gasteiger partial charge in [0.25, 0.3) is 0 Å². The number of rotatable bonds is 6. The number of fused-ring (bicyclic) bond motifs is 1. The summed E-state index contributed by atoms with van der Waals surface area (Å²) in [5.41, 5.74) is 0.845. The van der Waals surface area contributed by atoms with E-state index in [4.69, 9.17) is 21.1 Å².